The Morgan fingerprint density at radius 1 is 0.617 bits per heavy atom. The van der Waals surface area contributed by atoms with Crippen molar-refractivity contribution in [3.05, 3.63) is 59.7 Å². The van der Waals surface area contributed by atoms with Crippen LogP contribution in [0.2, 0.25) is 71.0 Å². The third-order valence-electron chi connectivity index (χ3n) is 7.32. The second kappa shape index (κ2) is 16.2. The predicted octanol–water partition coefficient (Wildman–Crippen LogP) is 8.84. The molecule has 0 atom stereocenters. The zero-order chi connectivity index (χ0) is 35.9. The molecule has 0 bridgehead atoms. The van der Waals surface area contributed by atoms with E-state index in [0.717, 1.165) is 30.7 Å². The van der Waals surface area contributed by atoms with E-state index in [-0.39, 0.29) is 11.6 Å². The average Bonchev–Trinajstić information content (AvgIpc) is 2.90. The van der Waals surface area contributed by atoms with E-state index in [2.05, 4.69) is 45.8 Å². The summed E-state index contributed by atoms with van der Waals surface area (Å²) in [5.74, 6) is 1.07. The van der Waals surface area contributed by atoms with Crippen LogP contribution >= 0.6 is 0 Å². The van der Waals surface area contributed by atoms with E-state index in [9.17, 15) is 14.7 Å². The highest BCUT2D eigenvalue weighted by atomic mass is 28.4. The van der Waals surface area contributed by atoms with Crippen molar-refractivity contribution in [1.29, 1.82) is 0 Å². The Labute approximate surface area is 288 Å². The summed E-state index contributed by atoms with van der Waals surface area (Å²) in [4.78, 5) is 25.5. The fourth-order valence-corrected chi connectivity index (χ4v) is 21.9. The standard InChI is InChI=1S/C35H60O8Si4/c1-34(2,38)32(36)28-16-20-30(21-17-28)39-24-14-26-45(8,9)43-46(10,11)27-15-25-40-31-22-18-29(19-23-31)33(37)35(3,4)41-47(12,13)42-44(5,6)7/h16-23,38H,14-15,24-27H2,1-13H3. The second-order valence-corrected chi connectivity index (χ2v) is 32.9. The van der Waals surface area contributed by atoms with Crippen molar-refractivity contribution < 1.29 is 36.8 Å². The molecule has 0 aliphatic carbocycles. The number of aliphatic hydroxyl groups is 1. The van der Waals surface area contributed by atoms with Crippen molar-refractivity contribution in [2.75, 3.05) is 13.2 Å². The van der Waals surface area contributed by atoms with Gasteiger partial charge in [0.25, 0.3) is 0 Å². The van der Waals surface area contributed by atoms with Gasteiger partial charge >= 0.3 is 8.56 Å². The molecule has 0 unspecified atom stereocenters. The van der Waals surface area contributed by atoms with Crippen LogP contribution in [0, 0.1) is 0 Å². The number of carbonyl (C=O) groups excluding carboxylic acids is 2. The fraction of sp³-hybridized carbons (Fsp3) is 0.600. The molecular formula is C35H60O8Si4. The molecule has 2 aromatic rings. The van der Waals surface area contributed by atoms with Gasteiger partial charge in [0.1, 0.15) is 22.7 Å². The van der Waals surface area contributed by atoms with Crippen LogP contribution in [0.3, 0.4) is 0 Å². The molecule has 12 heteroatoms. The molecule has 0 aliphatic rings. The topological polar surface area (TPSA) is 101 Å². The van der Waals surface area contributed by atoms with Crippen LogP contribution in [0.15, 0.2) is 48.5 Å². The van der Waals surface area contributed by atoms with Crippen LogP contribution in [0.4, 0.5) is 0 Å². The van der Waals surface area contributed by atoms with Crippen LogP contribution in [0.1, 0.15) is 61.3 Å². The number of rotatable bonds is 20. The van der Waals surface area contributed by atoms with Gasteiger partial charge in [-0.3, -0.25) is 9.59 Å². The van der Waals surface area contributed by atoms with E-state index < -0.39 is 44.7 Å². The second-order valence-electron chi connectivity index (χ2n) is 16.0. The fourth-order valence-electron chi connectivity index (χ4n) is 5.75. The molecule has 47 heavy (non-hydrogen) atoms. The molecule has 1 N–H and O–H groups in total. The Hall–Kier alpha value is -1.91. The summed E-state index contributed by atoms with van der Waals surface area (Å²) < 4.78 is 31.3. The van der Waals surface area contributed by atoms with Gasteiger partial charge in [0, 0.05) is 11.1 Å². The first-order chi connectivity index (χ1) is 21.3. The summed E-state index contributed by atoms with van der Waals surface area (Å²) >= 11 is 0. The lowest BCUT2D eigenvalue weighted by Gasteiger charge is -2.37. The molecule has 8 nitrogen and oxygen atoms in total. The van der Waals surface area contributed by atoms with Crippen LogP contribution in [0.25, 0.3) is 0 Å². The minimum Gasteiger partial charge on any atom is -0.494 e. The Balaban J connectivity index is 1.76. The van der Waals surface area contributed by atoms with E-state index in [4.69, 9.17) is 22.1 Å². The van der Waals surface area contributed by atoms with E-state index in [1.807, 2.05) is 51.2 Å². The monoisotopic (exact) mass is 720 g/mol. The molecule has 0 aliphatic heterocycles. The number of benzene rings is 2. The Kier molecular flexibility index (Phi) is 14.2. The number of ketones is 2. The lowest BCUT2D eigenvalue weighted by molar-refractivity contribution is 0.0475. The molecule has 0 saturated heterocycles. The van der Waals surface area contributed by atoms with Crippen LogP contribution < -0.4 is 9.47 Å². The predicted molar refractivity (Wildman–Crippen MR) is 201 cm³/mol. The van der Waals surface area contributed by atoms with Crippen molar-refractivity contribution in [2.24, 2.45) is 0 Å². The zero-order valence-electron chi connectivity index (χ0n) is 31.2. The highest BCUT2D eigenvalue weighted by Crippen LogP contribution is 2.27. The molecule has 2 aromatic carbocycles. The molecule has 0 saturated carbocycles. The minimum absolute atomic E-state index is 0.0678. The van der Waals surface area contributed by atoms with Gasteiger partial charge in [0.15, 0.2) is 36.5 Å². The largest absolute Gasteiger partial charge is 0.494 e. The lowest BCUT2D eigenvalue weighted by Crippen LogP contribution is -2.52. The molecular weight excluding hydrogens is 661 g/mol. The number of Topliss-reactive ketones (excluding diaryl/α,β-unsaturated/α-hetero) is 2. The first kappa shape index (κ1) is 41.3. The summed E-state index contributed by atoms with van der Waals surface area (Å²) in [6.07, 6.45) is 1.79. The van der Waals surface area contributed by atoms with Gasteiger partial charge in [-0.05, 0) is 160 Å². The SMILES string of the molecule is CC(C)(O)C(=O)c1ccc(OCCC[Si](C)(C)O[Si](C)(C)CCCOc2ccc(C(=O)C(C)(C)O[Si](C)(C)O[Si](C)(C)C)cc2)cc1. The molecule has 0 fully saturated rings. The van der Waals surface area contributed by atoms with E-state index in [1.165, 1.54) is 13.8 Å². The van der Waals surface area contributed by atoms with E-state index in [0.29, 0.717) is 30.1 Å². The third kappa shape index (κ3) is 15.0. The highest BCUT2D eigenvalue weighted by Gasteiger charge is 2.41. The summed E-state index contributed by atoms with van der Waals surface area (Å²) in [5, 5.41) is 9.93. The van der Waals surface area contributed by atoms with Crippen molar-refractivity contribution in [3.8, 4) is 11.5 Å². The van der Waals surface area contributed by atoms with Crippen LogP contribution in [-0.4, -0.2) is 74.6 Å². The number of carbonyl (C=O) groups is 2. The van der Waals surface area contributed by atoms with Crippen molar-refractivity contribution >= 4 is 45.1 Å². The third-order valence-corrected chi connectivity index (χ3v) is 20.3. The minimum atomic E-state index is -2.47. The summed E-state index contributed by atoms with van der Waals surface area (Å²) in [7, 11) is -8.04. The Morgan fingerprint density at radius 2 is 1.00 bits per heavy atom. The van der Waals surface area contributed by atoms with Crippen molar-refractivity contribution in [3.63, 3.8) is 0 Å². The smallest absolute Gasteiger partial charge is 0.322 e. The number of hydrogen-bond acceptors (Lipinski definition) is 8. The summed E-state index contributed by atoms with van der Waals surface area (Å²) in [6, 6.07) is 16.2. The Morgan fingerprint density at radius 3 is 1.36 bits per heavy atom. The summed E-state index contributed by atoms with van der Waals surface area (Å²) in [6.45, 7) is 27.3. The van der Waals surface area contributed by atoms with Gasteiger partial charge in [-0.1, -0.05) is 0 Å². The molecule has 0 aromatic heterocycles. The maximum atomic E-state index is 13.3. The number of ether oxygens (including phenoxy) is 2. The maximum absolute atomic E-state index is 13.3. The van der Waals surface area contributed by atoms with Gasteiger partial charge in [-0.25, -0.2) is 0 Å². The Bertz CT molecular complexity index is 1310. The maximum Gasteiger partial charge on any atom is 0.322 e. The molecule has 264 valence electrons. The van der Waals surface area contributed by atoms with Gasteiger partial charge in [0.2, 0.25) is 0 Å². The van der Waals surface area contributed by atoms with Crippen LogP contribution in [0.5, 0.6) is 11.5 Å². The quantitative estimate of drug-likeness (QED) is 0.0823. The lowest BCUT2D eigenvalue weighted by atomic mass is 9.97. The molecule has 0 radical (unpaired) electrons. The summed E-state index contributed by atoms with van der Waals surface area (Å²) in [5.41, 5.74) is -1.31. The van der Waals surface area contributed by atoms with Crippen molar-refractivity contribution in [2.45, 2.75) is 123 Å². The zero-order valence-corrected chi connectivity index (χ0v) is 35.2. The van der Waals surface area contributed by atoms with Gasteiger partial charge in [-0.2, -0.15) is 0 Å². The van der Waals surface area contributed by atoms with Gasteiger partial charge < -0.3 is 27.2 Å². The molecule has 0 spiro atoms. The first-order valence-corrected chi connectivity index (χ1v) is 29.1. The highest BCUT2D eigenvalue weighted by molar-refractivity contribution is 6.85. The normalized spacial score (nSPS) is 13.4. The van der Waals surface area contributed by atoms with Gasteiger partial charge in [0.05, 0.1) is 13.2 Å². The molecule has 2 rings (SSSR count). The van der Waals surface area contributed by atoms with Crippen LogP contribution in [-0.2, 0) is 12.7 Å². The first-order valence-electron chi connectivity index (χ1n) is 16.7. The van der Waals surface area contributed by atoms with Crippen molar-refractivity contribution in [1.82, 2.24) is 0 Å². The van der Waals surface area contributed by atoms with Gasteiger partial charge in [-0.15, -0.1) is 0 Å². The molecule has 0 heterocycles. The van der Waals surface area contributed by atoms with E-state index >= 15 is 0 Å². The molecule has 0 amide bonds. The average molecular weight is 721 g/mol. The number of hydrogen-bond donors (Lipinski definition) is 1. The van der Waals surface area contributed by atoms with E-state index in [1.54, 1.807) is 24.3 Å².